The van der Waals surface area contributed by atoms with Crippen LogP contribution < -0.4 is 9.77 Å². The Morgan fingerprint density at radius 3 is 2.44 bits per heavy atom. The minimum absolute atomic E-state index is 0.160. The van der Waals surface area contributed by atoms with Crippen LogP contribution in [0.4, 0.5) is 18.9 Å². The van der Waals surface area contributed by atoms with Crippen LogP contribution in [0.1, 0.15) is 11.1 Å². The smallest absolute Gasteiger partial charge is 0.366 e. The molecule has 5 rings (SSSR count). The van der Waals surface area contributed by atoms with Crippen molar-refractivity contribution in [2.45, 2.75) is 12.7 Å². The fraction of sp³-hybridized carbons (Fsp3) is 0.292. The first kappa shape index (κ1) is 22.5. The fourth-order valence-corrected chi connectivity index (χ4v) is 4.95. The monoisotopic (exact) mass is 485 g/mol. The molecule has 3 heterocycles. The third-order valence-corrected chi connectivity index (χ3v) is 6.99. The molecule has 1 aliphatic rings. The van der Waals surface area contributed by atoms with Crippen LogP contribution >= 0.6 is 11.3 Å². The van der Waals surface area contributed by atoms with Crippen LogP contribution in [-0.2, 0) is 12.7 Å². The van der Waals surface area contributed by atoms with E-state index in [0.717, 1.165) is 66.5 Å². The summed E-state index contributed by atoms with van der Waals surface area (Å²) >= 11 is 0.941. The number of thiazole rings is 1. The number of fused-ring (bicyclic) bond motifs is 1. The van der Waals surface area contributed by atoms with Crippen LogP contribution in [0.25, 0.3) is 21.6 Å². The van der Waals surface area contributed by atoms with Gasteiger partial charge in [0.25, 0.3) is 0 Å². The fourth-order valence-electron chi connectivity index (χ4n) is 4.08. The maximum absolute atomic E-state index is 13.2. The van der Waals surface area contributed by atoms with Crippen molar-refractivity contribution < 1.29 is 13.2 Å². The number of anilines is 1. The lowest BCUT2D eigenvalue weighted by Gasteiger charge is -2.33. The Morgan fingerprint density at radius 2 is 1.74 bits per heavy atom. The quantitative estimate of drug-likeness (QED) is 0.431. The molecule has 0 unspecified atom stereocenters. The maximum atomic E-state index is 13.2. The van der Waals surface area contributed by atoms with Crippen LogP contribution in [0.3, 0.4) is 0 Å². The van der Waals surface area contributed by atoms with Gasteiger partial charge in [0.05, 0.1) is 40.4 Å². The zero-order chi connectivity index (χ0) is 23.9. The van der Waals surface area contributed by atoms with Gasteiger partial charge in [-0.25, -0.2) is 9.97 Å². The van der Waals surface area contributed by atoms with Gasteiger partial charge in [-0.1, -0.05) is 29.5 Å². The van der Waals surface area contributed by atoms with E-state index in [1.807, 2.05) is 36.7 Å². The number of likely N-dealkylation sites (N-methyl/N-ethyl adjacent to an activating group) is 1. The van der Waals surface area contributed by atoms with Gasteiger partial charge < -0.3 is 9.80 Å². The van der Waals surface area contributed by atoms with E-state index in [9.17, 15) is 18.0 Å². The molecule has 1 saturated heterocycles. The summed E-state index contributed by atoms with van der Waals surface area (Å²) < 4.78 is 41.5. The number of halogens is 3. The first-order valence-electron chi connectivity index (χ1n) is 10.8. The Bertz CT molecular complexity index is 1370. The molecule has 0 aliphatic carbocycles. The van der Waals surface area contributed by atoms with Crippen LogP contribution in [0, 0.1) is 0 Å². The van der Waals surface area contributed by atoms with E-state index in [4.69, 9.17) is 0 Å². The standard InChI is InChI=1S/C24H22F3N5OS/c1-30-7-9-31(10-8-30)19-13-28-22(29-14-19)17-4-2-3-16(11-17)15-32-20-12-18(24(25,26)27)5-6-21(20)34-23(32)33/h2-6,11-14H,7-10,15H2,1H3. The normalized spacial score (nSPS) is 15.2. The third kappa shape index (κ3) is 4.55. The zero-order valence-corrected chi connectivity index (χ0v) is 19.2. The van der Waals surface area contributed by atoms with Gasteiger partial charge in [0.15, 0.2) is 5.82 Å². The summed E-state index contributed by atoms with van der Waals surface area (Å²) in [5.41, 5.74) is 2.05. The first-order chi connectivity index (χ1) is 16.3. The van der Waals surface area contributed by atoms with Crippen molar-refractivity contribution >= 4 is 27.2 Å². The van der Waals surface area contributed by atoms with Crippen molar-refractivity contribution in [2.24, 2.45) is 0 Å². The van der Waals surface area contributed by atoms with E-state index in [-0.39, 0.29) is 16.9 Å². The second-order valence-electron chi connectivity index (χ2n) is 8.39. The predicted molar refractivity (Wildman–Crippen MR) is 127 cm³/mol. The number of hydrogen-bond acceptors (Lipinski definition) is 6. The summed E-state index contributed by atoms with van der Waals surface area (Å²) in [6, 6.07) is 10.8. The highest BCUT2D eigenvalue weighted by Crippen LogP contribution is 2.32. The maximum Gasteiger partial charge on any atom is 0.416 e. The van der Waals surface area contributed by atoms with Crippen molar-refractivity contribution in [3.05, 3.63) is 75.7 Å². The lowest BCUT2D eigenvalue weighted by atomic mass is 10.1. The molecule has 0 spiro atoms. The number of rotatable bonds is 4. The first-order valence-corrected chi connectivity index (χ1v) is 11.6. The van der Waals surface area contributed by atoms with Crippen molar-refractivity contribution in [3.8, 4) is 11.4 Å². The Hall–Kier alpha value is -3.24. The number of alkyl halides is 3. The van der Waals surface area contributed by atoms with E-state index in [2.05, 4.69) is 26.8 Å². The number of aromatic nitrogens is 3. The lowest BCUT2D eigenvalue weighted by Crippen LogP contribution is -2.44. The average molecular weight is 486 g/mol. The minimum atomic E-state index is -4.47. The largest absolute Gasteiger partial charge is 0.416 e. The molecule has 0 bridgehead atoms. The molecule has 1 aliphatic heterocycles. The molecule has 2 aromatic heterocycles. The molecule has 34 heavy (non-hydrogen) atoms. The van der Waals surface area contributed by atoms with Gasteiger partial charge in [0, 0.05) is 31.7 Å². The van der Waals surface area contributed by atoms with Gasteiger partial charge in [-0.3, -0.25) is 9.36 Å². The van der Waals surface area contributed by atoms with Crippen LogP contribution in [0.5, 0.6) is 0 Å². The van der Waals surface area contributed by atoms with Gasteiger partial charge in [-0.2, -0.15) is 13.2 Å². The average Bonchev–Trinajstić information content (AvgIpc) is 3.13. The van der Waals surface area contributed by atoms with Gasteiger partial charge in [-0.15, -0.1) is 0 Å². The molecular formula is C24H22F3N5OS. The highest BCUT2D eigenvalue weighted by atomic mass is 32.1. The summed E-state index contributed by atoms with van der Waals surface area (Å²) in [5.74, 6) is 0.557. The van der Waals surface area contributed by atoms with Crippen LogP contribution in [0.2, 0.25) is 0 Å². The lowest BCUT2D eigenvalue weighted by molar-refractivity contribution is -0.137. The van der Waals surface area contributed by atoms with Crippen LogP contribution in [0.15, 0.2) is 59.7 Å². The molecular weight excluding hydrogens is 463 g/mol. The second-order valence-corrected chi connectivity index (χ2v) is 9.38. The topological polar surface area (TPSA) is 54.3 Å². The summed E-state index contributed by atoms with van der Waals surface area (Å²) in [5, 5.41) is 0. The molecule has 0 amide bonds. The van der Waals surface area contributed by atoms with Crippen molar-refractivity contribution in [2.75, 3.05) is 38.1 Å². The molecule has 1 fully saturated rings. The number of nitrogens with zero attached hydrogens (tertiary/aromatic N) is 5. The SMILES string of the molecule is CN1CCN(c2cnc(-c3cccc(Cn4c(=O)sc5ccc(C(F)(F)F)cc54)c3)nc2)CC1. The molecule has 176 valence electrons. The van der Waals surface area contributed by atoms with Gasteiger partial charge >= 0.3 is 11.0 Å². The van der Waals surface area contributed by atoms with Gasteiger partial charge in [0.1, 0.15) is 0 Å². The summed E-state index contributed by atoms with van der Waals surface area (Å²) in [6.45, 7) is 3.99. The van der Waals surface area contributed by atoms with Crippen molar-refractivity contribution in [1.29, 1.82) is 0 Å². The molecule has 0 saturated carbocycles. The molecule has 4 aromatic rings. The minimum Gasteiger partial charge on any atom is -0.366 e. The van der Waals surface area contributed by atoms with Crippen LogP contribution in [-0.4, -0.2) is 52.7 Å². The Balaban J connectivity index is 1.40. The summed E-state index contributed by atoms with van der Waals surface area (Å²) in [4.78, 5) is 25.8. The third-order valence-electron chi connectivity index (χ3n) is 6.03. The Morgan fingerprint density at radius 1 is 1.00 bits per heavy atom. The van der Waals surface area contributed by atoms with E-state index in [0.29, 0.717) is 10.5 Å². The van der Waals surface area contributed by atoms with Crippen molar-refractivity contribution in [1.82, 2.24) is 19.4 Å². The van der Waals surface area contributed by atoms with E-state index in [1.165, 1.54) is 10.6 Å². The molecule has 0 radical (unpaired) electrons. The molecule has 2 aromatic carbocycles. The number of benzene rings is 2. The van der Waals surface area contributed by atoms with Gasteiger partial charge in [0.2, 0.25) is 0 Å². The molecule has 10 heteroatoms. The van der Waals surface area contributed by atoms with E-state index in [1.54, 1.807) is 0 Å². The number of piperazine rings is 1. The Kier molecular flexibility index (Phi) is 5.86. The van der Waals surface area contributed by atoms with Gasteiger partial charge in [-0.05, 0) is 36.9 Å². The Labute approximate surface area is 197 Å². The van der Waals surface area contributed by atoms with Crippen molar-refractivity contribution in [3.63, 3.8) is 0 Å². The second kappa shape index (κ2) is 8.84. The number of hydrogen-bond donors (Lipinski definition) is 0. The highest BCUT2D eigenvalue weighted by molar-refractivity contribution is 7.16. The molecule has 6 nitrogen and oxygen atoms in total. The predicted octanol–water partition coefficient (Wildman–Crippen LogP) is 4.34. The van der Waals surface area contributed by atoms with E-state index < -0.39 is 11.7 Å². The molecule has 0 atom stereocenters. The summed E-state index contributed by atoms with van der Waals surface area (Å²) in [6.07, 6.45) is -0.837. The zero-order valence-electron chi connectivity index (χ0n) is 18.4. The summed E-state index contributed by atoms with van der Waals surface area (Å²) in [7, 11) is 2.10. The van der Waals surface area contributed by atoms with E-state index >= 15 is 0 Å². The molecule has 0 N–H and O–H groups in total. The highest BCUT2D eigenvalue weighted by Gasteiger charge is 2.31.